The molecule has 2 fully saturated rings. The number of nitrogens with two attached hydrogens (primary N) is 1. The first-order chi connectivity index (χ1) is 11.2. The van der Waals surface area contributed by atoms with Gasteiger partial charge in [0.05, 0.1) is 6.54 Å². The lowest BCUT2D eigenvalue weighted by Crippen LogP contribution is -2.48. The van der Waals surface area contributed by atoms with Gasteiger partial charge in [0.1, 0.15) is 0 Å². The summed E-state index contributed by atoms with van der Waals surface area (Å²) in [6, 6.07) is 11.0. The normalized spacial score (nSPS) is 21.5. The lowest BCUT2D eigenvalue weighted by atomic mass is 9.90. The first kappa shape index (κ1) is 16.5. The highest BCUT2D eigenvalue weighted by atomic mass is 16.2. The molecule has 1 aromatic rings. The number of nitrogens with zero attached hydrogens (tertiary/aromatic N) is 2. The molecule has 2 aliphatic rings. The van der Waals surface area contributed by atoms with Crippen molar-refractivity contribution < 1.29 is 4.79 Å². The van der Waals surface area contributed by atoms with Crippen LogP contribution in [0.25, 0.3) is 0 Å². The van der Waals surface area contributed by atoms with Gasteiger partial charge in [0.2, 0.25) is 5.91 Å². The van der Waals surface area contributed by atoms with E-state index >= 15 is 0 Å². The zero-order valence-electron chi connectivity index (χ0n) is 14.0. The molecule has 2 aliphatic heterocycles. The van der Waals surface area contributed by atoms with Crippen LogP contribution in [0.4, 0.5) is 0 Å². The fraction of sp³-hybridized carbons (Fsp3) is 0.632. The van der Waals surface area contributed by atoms with Crippen molar-refractivity contribution in [3.8, 4) is 0 Å². The van der Waals surface area contributed by atoms with Crippen molar-refractivity contribution in [2.24, 2.45) is 11.7 Å². The molecule has 0 unspecified atom stereocenters. The molecule has 0 spiro atoms. The Morgan fingerprint density at radius 2 is 1.65 bits per heavy atom. The average molecular weight is 315 g/mol. The number of rotatable bonds is 4. The largest absolute Gasteiger partial charge is 0.341 e. The Labute approximate surface area is 139 Å². The van der Waals surface area contributed by atoms with Crippen molar-refractivity contribution in [1.29, 1.82) is 0 Å². The SMILES string of the molecule is NC1CCN(C(=O)CN2CCC(Cc3ccccc3)CC2)CC1. The Bertz CT molecular complexity index is 489. The summed E-state index contributed by atoms with van der Waals surface area (Å²) in [6.07, 6.45) is 5.47. The number of benzene rings is 1. The topological polar surface area (TPSA) is 49.6 Å². The maximum absolute atomic E-state index is 12.4. The number of carbonyl (C=O) groups is 1. The maximum atomic E-state index is 12.4. The molecule has 0 aromatic heterocycles. The lowest BCUT2D eigenvalue weighted by molar-refractivity contribution is -0.133. The number of amides is 1. The predicted molar refractivity (Wildman–Crippen MR) is 93.1 cm³/mol. The molecule has 126 valence electrons. The second-order valence-electron chi connectivity index (χ2n) is 7.13. The molecule has 0 atom stereocenters. The molecule has 0 saturated carbocycles. The summed E-state index contributed by atoms with van der Waals surface area (Å²) in [4.78, 5) is 16.7. The summed E-state index contributed by atoms with van der Waals surface area (Å²) >= 11 is 0. The maximum Gasteiger partial charge on any atom is 0.236 e. The van der Waals surface area contributed by atoms with E-state index in [4.69, 9.17) is 5.73 Å². The third kappa shape index (κ3) is 4.79. The summed E-state index contributed by atoms with van der Waals surface area (Å²) in [6.45, 7) is 4.37. The van der Waals surface area contributed by atoms with Crippen LogP contribution in [0.2, 0.25) is 0 Å². The molecule has 3 rings (SSSR count). The standard InChI is InChI=1S/C19H29N3O/c20-18-8-12-22(13-9-18)19(23)15-21-10-6-17(7-11-21)14-16-4-2-1-3-5-16/h1-5,17-18H,6-15,20H2. The first-order valence-electron chi connectivity index (χ1n) is 9.00. The van der Waals surface area contributed by atoms with Gasteiger partial charge in [-0.3, -0.25) is 9.69 Å². The average Bonchev–Trinajstić information content (AvgIpc) is 2.58. The van der Waals surface area contributed by atoms with Gasteiger partial charge in [0, 0.05) is 19.1 Å². The number of likely N-dealkylation sites (tertiary alicyclic amines) is 2. The number of carbonyl (C=O) groups excluding carboxylic acids is 1. The molecule has 0 bridgehead atoms. The van der Waals surface area contributed by atoms with E-state index in [-0.39, 0.29) is 6.04 Å². The van der Waals surface area contributed by atoms with E-state index < -0.39 is 0 Å². The Kier molecular flexibility index (Phi) is 5.68. The highest BCUT2D eigenvalue weighted by Crippen LogP contribution is 2.21. The number of hydrogen-bond acceptors (Lipinski definition) is 3. The van der Waals surface area contributed by atoms with E-state index in [0.29, 0.717) is 12.5 Å². The van der Waals surface area contributed by atoms with Crippen LogP contribution in [0, 0.1) is 5.92 Å². The van der Waals surface area contributed by atoms with Gasteiger partial charge in [0.15, 0.2) is 0 Å². The molecule has 1 aromatic carbocycles. The van der Waals surface area contributed by atoms with Crippen LogP contribution < -0.4 is 5.73 Å². The molecule has 0 radical (unpaired) electrons. The van der Waals surface area contributed by atoms with Gasteiger partial charge < -0.3 is 10.6 Å². The molecular formula is C19H29N3O. The molecular weight excluding hydrogens is 286 g/mol. The van der Waals surface area contributed by atoms with Gasteiger partial charge in [-0.2, -0.15) is 0 Å². The number of piperidine rings is 2. The summed E-state index contributed by atoms with van der Waals surface area (Å²) in [5.41, 5.74) is 7.35. The Balaban J connectivity index is 1.40. The third-order valence-electron chi connectivity index (χ3n) is 5.33. The fourth-order valence-corrected chi connectivity index (χ4v) is 3.74. The minimum Gasteiger partial charge on any atom is -0.341 e. The summed E-state index contributed by atoms with van der Waals surface area (Å²) in [5, 5.41) is 0. The van der Waals surface area contributed by atoms with E-state index in [1.54, 1.807) is 0 Å². The van der Waals surface area contributed by atoms with Crippen molar-refractivity contribution >= 4 is 5.91 Å². The molecule has 2 N–H and O–H groups in total. The zero-order chi connectivity index (χ0) is 16.1. The molecule has 0 aliphatic carbocycles. The lowest BCUT2D eigenvalue weighted by Gasteiger charge is -2.35. The highest BCUT2D eigenvalue weighted by Gasteiger charge is 2.25. The second kappa shape index (κ2) is 7.93. The molecule has 4 heteroatoms. The third-order valence-corrected chi connectivity index (χ3v) is 5.33. The van der Waals surface area contributed by atoms with Gasteiger partial charge in [-0.05, 0) is 56.7 Å². The molecule has 2 heterocycles. The molecule has 1 amide bonds. The number of hydrogen-bond donors (Lipinski definition) is 1. The smallest absolute Gasteiger partial charge is 0.236 e. The van der Waals surface area contributed by atoms with Crippen LogP contribution >= 0.6 is 0 Å². The van der Waals surface area contributed by atoms with Gasteiger partial charge in [-0.25, -0.2) is 0 Å². The van der Waals surface area contributed by atoms with Gasteiger partial charge in [-0.15, -0.1) is 0 Å². The van der Waals surface area contributed by atoms with Gasteiger partial charge >= 0.3 is 0 Å². The first-order valence-corrected chi connectivity index (χ1v) is 9.00. The van der Waals surface area contributed by atoms with Crippen molar-refractivity contribution in [1.82, 2.24) is 9.80 Å². The van der Waals surface area contributed by atoms with Crippen molar-refractivity contribution in [3.63, 3.8) is 0 Å². The second-order valence-corrected chi connectivity index (χ2v) is 7.13. The summed E-state index contributed by atoms with van der Waals surface area (Å²) < 4.78 is 0. The Morgan fingerprint density at radius 3 is 2.30 bits per heavy atom. The van der Waals surface area contributed by atoms with Crippen LogP contribution in [-0.2, 0) is 11.2 Å². The quantitative estimate of drug-likeness (QED) is 0.923. The van der Waals surface area contributed by atoms with E-state index in [1.807, 2.05) is 4.90 Å². The van der Waals surface area contributed by atoms with Crippen LogP contribution in [0.3, 0.4) is 0 Å². The summed E-state index contributed by atoms with van der Waals surface area (Å²) in [5.74, 6) is 1.05. The molecule has 2 saturated heterocycles. The zero-order valence-corrected chi connectivity index (χ0v) is 14.0. The van der Waals surface area contributed by atoms with E-state index in [1.165, 1.54) is 24.8 Å². The molecule has 23 heavy (non-hydrogen) atoms. The van der Waals surface area contributed by atoms with E-state index in [9.17, 15) is 4.79 Å². The fourth-order valence-electron chi connectivity index (χ4n) is 3.74. The van der Waals surface area contributed by atoms with Crippen LogP contribution in [0.5, 0.6) is 0 Å². The van der Waals surface area contributed by atoms with E-state index in [0.717, 1.165) is 44.9 Å². The Morgan fingerprint density at radius 1 is 1.00 bits per heavy atom. The van der Waals surface area contributed by atoms with Gasteiger partial charge in [-0.1, -0.05) is 30.3 Å². The van der Waals surface area contributed by atoms with E-state index in [2.05, 4.69) is 35.2 Å². The monoisotopic (exact) mass is 315 g/mol. The van der Waals surface area contributed by atoms with Crippen molar-refractivity contribution in [2.45, 2.75) is 38.1 Å². The molecule has 4 nitrogen and oxygen atoms in total. The van der Waals surface area contributed by atoms with Crippen LogP contribution in [0.15, 0.2) is 30.3 Å². The van der Waals surface area contributed by atoms with Crippen LogP contribution in [0.1, 0.15) is 31.2 Å². The Hall–Kier alpha value is -1.39. The van der Waals surface area contributed by atoms with Crippen molar-refractivity contribution in [2.75, 3.05) is 32.7 Å². The van der Waals surface area contributed by atoms with Crippen LogP contribution in [-0.4, -0.2) is 54.5 Å². The summed E-state index contributed by atoms with van der Waals surface area (Å²) in [7, 11) is 0. The predicted octanol–water partition coefficient (Wildman–Crippen LogP) is 1.89. The minimum atomic E-state index is 0.285. The highest BCUT2D eigenvalue weighted by molar-refractivity contribution is 5.78. The van der Waals surface area contributed by atoms with Crippen molar-refractivity contribution in [3.05, 3.63) is 35.9 Å². The van der Waals surface area contributed by atoms with Gasteiger partial charge in [0.25, 0.3) is 0 Å². The minimum absolute atomic E-state index is 0.285.